The van der Waals surface area contributed by atoms with E-state index >= 15 is 0 Å². The molecule has 0 radical (unpaired) electrons. The van der Waals surface area contributed by atoms with Gasteiger partial charge in [0.25, 0.3) is 0 Å². The maximum absolute atomic E-state index is 5.63. The Morgan fingerprint density at radius 3 is 2.90 bits per heavy atom. The number of nitrogens with two attached hydrogens (primary N) is 1. The van der Waals surface area contributed by atoms with Gasteiger partial charge in [-0.05, 0) is 42.5 Å². The SMILES string of the molecule is NC(=S)c1cccc(NC2CCCc3ccccc32)n1. The lowest BCUT2D eigenvalue weighted by Crippen LogP contribution is -2.19. The van der Waals surface area contributed by atoms with Crippen LogP contribution in [0.2, 0.25) is 0 Å². The highest BCUT2D eigenvalue weighted by atomic mass is 32.1. The highest BCUT2D eigenvalue weighted by molar-refractivity contribution is 7.80. The molecule has 1 unspecified atom stereocenters. The fourth-order valence-electron chi connectivity index (χ4n) is 2.73. The molecule has 1 aliphatic rings. The van der Waals surface area contributed by atoms with Gasteiger partial charge in [-0.2, -0.15) is 0 Å². The van der Waals surface area contributed by atoms with Gasteiger partial charge in [0.1, 0.15) is 10.8 Å². The summed E-state index contributed by atoms with van der Waals surface area (Å²) in [6, 6.07) is 14.6. The molecule has 3 N–H and O–H groups in total. The highest BCUT2D eigenvalue weighted by Crippen LogP contribution is 2.31. The fraction of sp³-hybridized carbons (Fsp3) is 0.250. The van der Waals surface area contributed by atoms with Crippen molar-refractivity contribution in [1.82, 2.24) is 4.98 Å². The first-order valence-corrected chi connectivity index (χ1v) is 7.26. The molecule has 20 heavy (non-hydrogen) atoms. The summed E-state index contributed by atoms with van der Waals surface area (Å²) in [5.74, 6) is 0.831. The molecule has 102 valence electrons. The Kier molecular flexibility index (Phi) is 3.65. The molecule has 0 saturated carbocycles. The van der Waals surface area contributed by atoms with Gasteiger partial charge >= 0.3 is 0 Å². The quantitative estimate of drug-likeness (QED) is 0.849. The van der Waals surface area contributed by atoms with E-state index in [0.29, 0.717) is 16.7 Å². The Morgan fingerprint density at radius 2 is 2.05 bits per heavy atom. The summed E-state index contributed by atoms with van der Waals surface area (Å²) in [6.45, 7) is 0. The molecule has 0 amide bonds. The second kappa shape index (κ2) is 5.59. The summed E-state index contributed by atoms with van der Waals surface area (Å²) in [5.41, 5.74) is 9.10. The van der Waals surface area contributed by atoms with E-state index in [1.807, 2.05) is 18.2 Å². The van der Waals surface area contributed by atoms with Crippen LogP contribution in [0.4, 0.5) is 5.82 Å². The minimum Gasteiger partial charge on any atom is -0.388 e. The van der Waals surface area contributed by atoms with Gasteiger partial charge in [0.2, 0.25) is 0 Å². The Hall–Kier alpha value is -1.94. The van der Waals surface area contributed by atoms with Crippen LogP contribution in [-0.4, -0.2) is 9.97 Å². The van der Waals surface area contributed by atoms with Crippen LogP contribution in [0, 0.1) is 0 Å². The molecule has 1 aromatic heterocycles. The van der Waals surface area contributed by atoms with Crippen LogP contribution in [0.1, 0.15) is 35.7 Å². The second-order valence-electron chi connectivity index (χ2n) is 5.06. The van der Waals surface area contributed by atoms with Crippen LogP contribution in [0.25, 0.3) is 0 Å². The predicted octanol–water partition coefficient (Wildman–Crippen LogP) is 3.21. The summed E-state index contributed by atoms with van der Waals surface area (Å²) >= 11 is 4.98. The van der Waals surface area contributed by atoms with Crippen LogP contribution in [0.3, 0.4) is 0 Å². The number of nitrogens with one attached hydrogen (secondary N) is 1. The van der Waals surface area contributed by atoms with Gasteiger partial charge in [0.05, 0.1) is 11.7 Å². The number of hydrogen-bond donors (Lipinski definition) is 2. The molecule has 1 aromatic carbocycles. The minimum atomic E-state index is 0.314. The van der Waals surface area contributed by atoms with Crippen molar-refractivity contribution in [3.8, 4) is 0 Å². The summed E-state index contributed by atoms with van der Waals surface area (Å²) in [5, 5.41) is 3.51. The maximum atomic E-state index is 5.63. The fourth-order valence-corrected chi connectivity index (χ4v) is 2.85. The molecule has 0 spiro atoms. The van der Waals surface area contributed by atoms with Crippen molar-refractivity contribution in [2.45, 2.75) is 25.3 Å². The largest absolute Gasteiger partial charge is 0.388 e. The molecule has 0 aliphatic heterocycles. The lowest BCUT2D eigenvalue weighted by atomic mass is 9.88. The van der Waals surface area contributed by atoms with E-state index in [-0.39, 0.29) is 0 Å². The van der Waals surface area contributed by atoms with Crippen molar-refractivity contribution in [1.29, 1.82) is 0 Å². The number of thiocarbonyl (C=S) groups is 1. The normalized spacial score (nSPS) is 17.3. The number of benzene rings is 1. The van der Waals surface area contributed by atoms with Gasteiger partial charge in [-0.1, -0.05) is 42.5 Å². The highest BCUT2D eigenvalue weighted by Gasteiger charge is 2.19. The van der Waals surface area contributed by atoms with Gasteiger partial charge in [0.15, 0.2) is 0 Å². The molecule has 0 saturated heterocycles. The zero-order chi connectivity index (χ0) is 13.9. The van der Waals surface area contributed by atoms with Crippen LogP contribution < -0.4 is 11.1 Å². The third kappa shape index (κ3) is 2.65. The van der Waals surface area contributed by atoms with Crippen LogP contribution in [-0.2, 0) is 6.42 Å². The van der Waals surface area contributed by atoms with E-state index in [9.17, 15) is 0 Å². The van der Waals surface area contributed by atoms with Gasteiger partial charge < -0.3 is 11.1 Å². The molecular formula is C16H17N3S. The van der Waals surface area contributed by atoms with Crippen LogP contribution in [0.15, 0.2) is 42.5 Å². The molecule has 4 heteroatoms. The van der Waals surface area contributed by atoms with Crippen molar-refractivity contribution in [2.75, 3.05) is 5.32 Å². The predicted molar refractivity (Wildman–Crippen MR) is 85.9 cm³/mol. The van der Waals surface area contributed by atoms with E-state index in [1.54, 1.807) is 0 Å². The van der Waals surface area contributed by atoms with Gasteiger partial charge in [-0.25, -0.2) is 4.98 Å². The van der Waals surface area contributed by atoms with Crippen LogP contribution >= 0.6 is 12.2 Å². The zero-order valence-corrected chi connectivity index (χ0v) is 12.0. The Labute approximate surface area is 124 Å². The Bertz CT molecular complexity index is 639. The molecule has 0 bridgehead atoms. The first-order chi connectivity index (χ1) is 9.74. The van der Waals surface area contributed by atoms with E-state index in [2.05, 4.69) is 34.6 Å². The monoisotopic (exact) mass is 283 g/mol. The average molecular weight is 283 g/mol. The third-order valence-electron chi connectivity index (χ3n) is 3.69. The van der Waals surface area contributed by atoms with E-state index in [4.69, 9.17) is 18.0 Å². The molecule has 1 aliphatic carbocycles. The number of hydrogen-bond acceptors (Lipinski definition) is 3. The zero-order valence-electron chi connectivity index (χ0n) is 11.2. The molecule has 3 nitrogen and oxygen atoms in total. The van der Waals surface area contributed by atoms with Crippen molar-refractivity contribution < 1.29 is 0 Å². The standard InChI is InChI=1S/C16H17N3S/c17-16(20)14-9-4-10-15(19-14)18-13-8-3-6-11-5-1-2-7-12(11)13/h1-2,4-5,7,9-10,13H,3,6,8H2,(H2,17,20)(H,18,19). The van der Waals surface area contributed by atoms with Crippen molar-refractivity contribution in [3.63, 3.8) is 0 Å². The topological polar surface area (TPSA) is 50.9 Å². The molecule has 1 heterocycles. The van der Waals surface area contributed by atoms with E-state index in [1.165, 1.54) is 17.5 Å². The minimum absolute atomic E-state index is 0.314. The lowest BCUT2D eigenvalue weighted by Gasteiger charge is -2.26. The number of aryl methyl sites for hydroxylation is 1. The second-order valence-corrected chi connectivity index (χ2v) is 5.50. The summed E-state index contributed by atoms with van der Waals surface area (Å²) in [7, 11) is 0. The number of pyridine rings is 1. The third-order valence-corrected chi connectivity index (χ3v) is 3.90. The summed E-state index contributed by atoms with van der Waals surface area (Å²) in [4.78, 5) is 4.79. The number of anilines is 1. The van der Waals surface area contributed by atoms with Gasteiger partial charge in [0, 0.05) is 0 Å². The van der Waals surface area contributed by atoms with Crippen molar-refractivity contribution in [3.05, 3.63) is 59.3 Å². The molecular weight excluding hydrogens is 266 g/mol. The average Bonchev–Trinajstić information content (AvgIpc) is 2.48. The summed E-state index contributed by atoms with van der Waals surface area (Å²) in [6.07, 6.45) is 3.48. The Morgan fingerprint density at radius 1 is 1.20 bits per heavy atom. The van der Waals surface area contributed by atoms with Crippen molar-refractivity contribution >= 4 is 23.0 Å². The van der Waals surface area contributed by atoms with Crippen molar-refractivity contribution in [2.24, 2.45) is 5.73 Å². The summed E-state index contributed by atoms with van der Waals surface area (Å²) < 4.78 is 0. The first-order valence-electron chi connectivity index (χ1n) is 6.85. The molecule has 2 aromatic rings. The number of rotatable bonds is 3. The van der Waals surface area contributed by atoms with E-state index in [0.717, 1.165) is 18.7 Å². The Balaban J connectivity index is 1.85. The van der Waals surface area contributed by atoms with Crippen LogP contribution in [0.5, 0.6) is 0 Å². The lowest BCUT2D eigenvalue weighted by molar-refractivity contribution is 0.598. The molecule has 0 fully saturated rings. The number of aromatic nitrogens is 1. The van der Waals surface area contributed by atoms with E-state index < -0.39 is 0 Å². The van der Waals surface area contributed by atoms with Gasteiger partial charge in [-0.15, -0.1) is 0 Å². The maximum Gasteiger partial charge on any atom is 0.127 e. The number of nitrogens with zero attached hydrogens (tertiary/aromatic N) is 1. The smallest absolute Gasteiger partial charge is 0.127 e. The first kappa shape index (κ1) is 13.1. The molecule has 3 rings (SSSR count). The number of fused-ring (bicyclic) bond motifs is 1. The van der Waals surface area contributed by atoms with Gasteiger partial charge in [-0.3, -0.25) is 0 Å². The molecule has 1 atom stereocenters.